The molecule has 0 aromatic carbocycles. The van der Waals surface area contributed by atoms with Crippen LogP contribution in [0.5, 0.6) is 0 Å². The Morgan fingerprint density at radius 1 is 0.818 bits per heavy atom. The molecule has 22 heavy (non-hydrogen) atoms. The zero-order chi connectivity index (χ0) is 16.5. The van der Waals surface area contributed by atoms with Crippen molar-refractivity contribution in [1.29, 1.82) is 0 Å². The molecule has 0 saturated heterocycles. The molecule has 0 amide bonds. The monoisotopic (exact) mass is 332 g/mol. The summed E-state index contributed by atoms with van der Waals surface area (Å²) in [6.07, 6.45) is 12.6. The highest BCUT2D eigenvalue weighted by Gasteiger charge is 2.13. The van der Waals surface area contributed by atoms with Crippen LogP contribution in [0.15, 0.2) is 0 Å². The van der Waals surface area contributed by atoms with Crippen molar-refractivity contribution in [3.8, 4) is 0 Å². The summed E-state index contributed by atoms with van der Waals surface area (Å²) < 4.78 is 10.7. The molecule has 0 aromatic rings. The van der Waals surface area contributed by atoms with Crippen molar-refractivity contribution in [3.05, 3.63) is 0 Å². The number of hydrogen-bond donors (Lipinski definition) is 1. The molecular formula is C18H36O3S. The number of unbranched alkanes of at least 4 members (excludes halogenated alkanes) is 7. The number of hydrogen-bond acceptors (Lipinski definition) is 4. The minimum Gasteiger partial charge on any atom is -0.465 e. The van der Waals surface area contributed by atoms with E-state index in [1.54, 1.807) is 0 Å². The lowest BCUT2D eigenvalue weighted by Crippen LogP contribution is -2.18. The minimum atomic E-state index is -0.244. The molecule has 0 aliphatic heterocycles. The van der Waals surface area contributed by atoms with Crippen LogP contribution in [0.25, 0.3) is 0 Å². The highest BCUT2D eigenvalue weighted by molar-refractivity contribution is 7.81. The zero-order valence-electron chi connectivity index (χ0n) is 14.6. The second-order valence-corrected chi connectivity index (χ2v) is 6.54. The molecule has 0 spiro atoms. The Labute approximate surface area is 142 Å². The molecule has 0 fully saturated rings. The summed E-state index contributed by atoms with van der Waals surface area (Å²) in [6.45, 7) is 6.56. The van der Waals surface area contributed by atoms with E-state index in [1.165, 1.54) is 38.5 Å². The first-order valence-corrected chi connectivity index (χ1v) is 9.66. The van der Waals surface area contributed by atoms with Crippen LogP contribution in [0.3, 0.4) is 0 Å². The molecule has 0 N–H and O–H groups in total. The summed E-state index contributed by atoms with van der Waals surface area (Å²) in [6, 6.07) is 0. The number of thiol groups is 1. The van der Waals surface area contributed by atoms with Gasteiger partial charge < -0.3 is 9.47 Å². The Morgan fingerprint density at radius 2 is 1.36 bits per heavy atom. The molecule has 0 rings (SSSR count). The van der Waals surface area contributed by atoms with Gasteiger partial charge >= 0.3 is 5.97 Å². The molecule has 0 heterocycles. The molecule has 0 aliphatic carbocycles. The minimum absolute atomic E-state index is 0.157. The van der Waals surface area contributed by atoms with E-state index in [1.807, 2.05) is 0 Å². The zero-order valence-corrected chi connectivity index (χ0v) is 15.5. The number of rotatable bonds is 16. The van der Waals surface area contributed by atoms with Crippen molar-refractivity contribution in [2.24, 2.45) is 0 Å². The third-order valence-corrected chi connectivity index (χ3v) is 4.08. The molecule has 3 nitrogen and oxygen atoms in total. The van der Waals surface area contributed by atoms with Gasteiger partial charge in [0.1, 0.15) is 0 Å². The number of carbonyl (C=O) groups excluding carboxylic acids is 1. The van der Waals surface area contributed by atoms with Crippen molar-refractivity contribution in [1.82, 2.24) is 0 Å². The predicted octanol–water partition coefficient (Wildman–Crippen LogP) is 5.18. The lowest BCUT2D eigenvalue weighted by molar-refractivity contribution is -0.143. The van der Waals surface area contributed by atoms with Gasteiger partial charge in [0.2, 0.25) is 0 Å². The summed E-state index contributed by atoms with van der Waals surface area (Å²) >= 11 is 4.24. The second-order valence-electron chi connectivity index (χ2n) is 5.91. The topological polar surface area (TPSA) is 35.5 Å². The SMILES string of the molecule is CCCOCCCCCCCCCCOC(=O)C(S)CCC. The highest BCUT2D eigenvalue weighted by Crippen LogP contribution is 2.10. The normalized spacial score (nSPS) is 12.3. The third kappa shape index (κ3) is 14.7. The van der Waals surface area contributed by atoms with E-state index >= 15 is 0 Å². The lowest BCUT2D eigenvalue weighted by Gasteiger charge is -2.09. The molecule has 0 aromatic heterocycles. The molecule has 4 heteroatoms. The quantitative estimate of drug-likeness (QED) is 0.240. The van der Waals surface area contributed by atoms with E-state index in [2.05, 4.69) is 26.5 Å². The van der Waals surface area contributed by atoms with Crippen LogP contribution in [0.1, 0.15) is 84.5 Å². The number of ether oxygens (including phenoxy) is 2. The maximum Gasteiger partial charge on any atom is 0.318 e. The number of esters is 1. The second kappa shape index (κ2) is 17.1. The molecule has 0 saturated carbocycles. The van der Waals surface area contributed by atoms with Gasteiger partial charge in [0.25, 0.3) is 0 Å². The molecule has 0 aliphatic rings. The van der Waals surface area contributed by atoms with Crippen LogP contribution >= 0.6 is 12.6 Å². The Morgan fingerprint density at radius 3 is 1.91 bits per heavy atom. The average Bonchev–Trinajstić information content (AvgIpc) is 2.51. The highest BCUT2D eigenvalue weighted by atomic mass is 32.1. The summed E-state index contributed by atoms with van der Waals surface area (Å²) in [5, 5.41) is -0.244. The van der Waals surface area contributed by atoms with Gasteiger partial charge in [0.05, 0.1) is 11.9 Å². The van der Waals surface area contributed by atoms with E-state index in [4.69, 9.17) is 9.47 Å². The van der Waals surface area contributed by atoms with Gasteiger partial charge in [-0.3, -0.25) is 4.79 Å². The maximum atomic E-state index is 11.5. The fourth-order valence-corrected chi connectivity index (χ4v) is 2.61. The summed E-state index contributed by atoms with van der Waals surface area (Å²) in [7, 11) is 0. The Kier molecular flexibility index (Phi) is 17.0. The van der Waals surface area contributed by atoms with Crippen molar-refractivity contribution in [2.75, 3.05) is 19.8 Å². The van der Waals surface area contributed by atoms with E-state index in [-0.39, 0.29) is 11.2 Å². The molecule has 0 radical (unpaired) electrons. The van der Waals surface area contributed by atoms with Crippen LogP contribution in [-0.4, -0.2) is 31.0 Å². The average molecular weight is 333 g/mol. The smallest absolute Gasteiger partial charge is 0.318 e. The largest absolute Gasteiger partial charge is 0.465 e. The predicted molar refractivity (Wildman–Crippen MR) is 96.7 cm³/mol. The van der Waals surface area contributed by atoms with E-state index in [0.29, 0.717) is 6.61 Å². The molecule has 1 unspecified atom stereocenters. The van der Waals surface area contributed by atoms with Gasteiger partial charge in [-0.15, -0.1) is 0 Å². The molecule has 0 bridgehead atoms. The summed E-state index contributed by atoms with van der Waals surface area (Å²) in [5.41, 5.74) is 0. The Balaban J connectivity index is 3.16. The van der Waals surface area contributed by atoms with E-state index < -0.39 is 0 Å². The molecule has 132 valence electrons. The summed E-state index contributed by atoms with van der Waals surface area (Å²) in [5.74, 6) is -0.157. The molecule has 1 atom stereocenters. The first-order valence-electron chi connectivity index (χ1n) is 9.14. The maximum absolute atomic E-state index is 11.5. The fourth-order valence-electron chi connectivity index (χ4n) is 2.27. The lowest BCUT2D eigenvalue weighted by atomic mass is 10.1. The standard InChI is InChI=1S/C18H36O3S/c1-3-13-17(22)18(19)21-16-12-10-8-6-5-7-9-11-15-20-14-4-2/h17,22H,3-16H2,1-2H3. The number of carbonyl (C=O) groups is 1. The van der Waals surface area contributed by atoms with Crippen molar-refractivity contribution < 1.29 is 14.3 Å². The Bertz CT molecular complexity index is 246. The van der Waals surface area contributed by atoms with Gasteiger partial charge in [-0.1, -0.05) is 58.8 Å². The van der Waals surface area contributed by atoms with Crippen LogP contribution in [0.4, 0.5) is 0 Å². The van der Waals surface area contributed by atoms with Gasteiger partial charge in [-0.05, 0) is 25.7 Å². The Hall–Kier alpha value is -0.220. The third-order valence-electron chi connectivity index (χ3n) is 3.61. The van der Waals surface area contributed by atoms with Gasteiger partial charge in [-0.2, -0.15) is 12.6 Å². The van der Waals surface area contributed by atoms with E-state index in [0.717, 1.165) is 45.3 Å². The first-order chi connectivity index (χ1) is 10.7. The van der Waals surface area contributed by atoms with E-state index in [9.17, 15) is 4.79 Å². The van der Waals surface area contributed by atoms with Crippen LogP contribution in [-0.2, 0) is 14.3 Å². The van der Waals surface area contributed by atoms with Crippen LogP contribution < -0.4 is 0 Å². The van der Waals surface area contributed by atoms with Crippen LogP contribution in [0, 0.1) is 0 Å². The first kappa shape index (κ1) is 21.8. The van der Waals surface area contributed by atoms with Crippen molar-refractivity contribution in [3.63, 3.8) is 0 Å². The van der Waals surface area contributed by atoms with Gasteiger partial charge in [0, 0.05) is 13.2 Å². The van der Waals surface area contributed by atoms with Crippen molar-refractivity contribution >= 4 is 18.6 Å². The van der Waals surface area contributed by atoms with Gasteiger partial charge in [-0.25, -0.2) is 0 Å². The summed E-state index contributed by atoms with van der Waals surface area (Å²) in [4.78, 5) is 11.5. The van der Waals surface area contributed by atoms with Crippen LogP contribution in [0.2, 0.25) is 0 Å². The van der Waals surface area contributed by atoms with Gasteiger partial charge in [0.15, 0.2) is 0 Å². The van der Waals surface area contributed by atoms with Crippen molar-refractivity contribution in [2.45, 2.75) is 89.7 Å². The fraction of sp³-hybridized carbons (Fsp3) is 0.944. The molecular weight excluding hydrogens is 296 g/mol.